The highest BCUT2D eigenvalue weighted by molar-refractivity contribution is 7.90. The minimum Gasteiger partial charge on any atom is -0.371 e. The summed E-state index contributed by atoms with van der Waals surface area (Å²) in [6.07, 6.45) is -3.32. The monoisotopic (exact) mass is 453 g/mol. The zero-order valence-corrected chi connectivity index (χ0v) is 18.2. The maximum absolute atomic E-state index is 12.9. The second-order valence-electron chi connectivity index (χ2n) is 8.11. The van der Waals surface area contributed by atoms with E-state index < -0.39 is 33.2 Å². The first-order valence-electron chi connectivity index (χ1n) is 9.29. The number of sulfone groups is 1. The maximum Gasteiger partial charge on any atom is 0.416 e. The van der Waals surface area contributed by atoms with Crippen molar-refractivity contribution >= 4 is 15.5 Å². The quantitative estimate of drug-likeness (QED) is 0.627. The number of nitrogens with zero attached hydrogens (tertiary/aromatic N) is 4. The van der Waals surface area contributed by atoms with Crippen molar-refractivity contribution in [2.45, 2.75) is 43.4 Å². The van der Waals surface area contributed by atoms with Crippen LogP contribution in [0.15, 0.2) is 53.4 Å². The SMILES string of the molecule is CC(C)(C)n1nnnc1C(Nc1ccc(C(F)(F)F)cc1)c1ccc(S(C)(=O)=O)cc1. The number of nitrogens with one attached hydrogen (secondary N) is 1. The molecule has 3 aromatic rings. The van der Waals surface area contributed by atoms with Crippen LogP contribution in [0.25, 0.3) is 0 Å². The summed E-state index contributed by atoms with van der Waals surface area (Å²) in [6.45, 7) is 5.73. The second-order valence-corrected chi connectivity index (χ2v) is 10.1. The molecule has 0 spiro atoms. The molecular weight excluding hydrogens is 431 g/mol. The number of alkyl halides is 3. The van der Waals surface area contributed by atoms with Gasteiger partial charge in [-0.1, -0.05) is 12.1 Å². The maximum atomic E-state index is 12.9. The van der Waals surface area contributed by atoms with Gasteiger partial charge in [-0.3, -0.25) is 0 Å². The molecule has 1 unspecified atom stereocenters. The number of rotatable bonds is 5. The molecule has 166 valence electrons. The number of anilines is 1. The van der Waals surface area contributed by atoms with Crippen molar-refractivity contribution in [1.82, 2.24) is 20.2 Å². The Morgan fingerprint density at radius 1 is 0.968 bits per heavy atom. The Balaban J connectivity index is 2.04. The smallest absolute Gasteiger partial charge is 0.371 e. The first-order valence-corrected chi connectivity index (χ1v) is 11.2. The highest BCUT2D eigenvalue weighted by Gasteiger charge is 2.31. The van der Waals surface area contributed by atoms with Gasteiger partial charge in [0.1, 0.15) is 6.04 Å². The summed E-state index contributed by atoms with van der Waals surface area (Å²) < 4.78 is 63.9. The molecule has 0 aliphatic carbocycles. The average Bonchev–Trinajstić information content (AvgIpc) is 3.15. The molecule has 1 N–H and O–H groups in total. The largest absolute Gasteiger partial charge is 0.416 e. The van der Waals surface area contributed by atoms with E-state index in [0.29, 0.717) is 17.1 Å². The zero-order valence-electron chi connectivity index (χ0n) is 17.3. The third-order valence-corrected chi connectivity index (χ3v) is 5.68. The minimum atomic E-state index is -4.43. The molecule has 0 aliphatic rings. The molecule has 11 heteroatoms. The van der Waals surface area contributed by atoms with Crippen molar-refractivity contribution in [3.63, 3.8) is 0 Å². The van der Waals surface area contributed by atoms with E-state index in [1.54, 1.807) is 16.8 Å². The Labute approximate surface area is 178 Å². The fourth-order valence-electron chi connectivity index (χ4n) is 2.98. The number of benzene rings is 2. The highest BCUT2D eigenvalue weighted by atomic mass is 32.2. The number of tetrazole rings is 1. The summed E-state index contributed by atoms with van der Waals surface area (Å²) in [7, 11) is -3.38. The lowest BCUT2D eigenvalue weighted by Gasteiger charge is -2.25. The van der Waals surface area contributed by atoms with Crippen LogP contribution in [0.1, 0.15) is 43.8 Å². The molecule has 0 saturated carbocycles. The molecule has 2 aromatic carbocycles. The van der Waals surface area contributed by atoms with Gasteiger partial charge in [0.25, 0.3) is 0 Å². The van der Waals surface area contributed by atoms with E-state index in [2.05, 4.69) is 20.8 Å². The fraction of sp³-hybridized carbons (Fsp3) is 0.350. The lowest BCUT2D eigenvalue weighted by atomic mass is 10.0. The van der Waals surface area contributed by atoms with E-state index in [1.807, 2.05) is 20.8 Å². The molecule has 0 fully saturated rings. The fourth-order valence-corrected chi connectivity index (χ4v) is 3.61. The first kappa shape index (κ1) is 22.7. The van der Waals surface area contributed by atoms with Crippen molar-refractivity contribution in [1.29, 1.82) is 0 Å². The number of hydrogen-bond acceptors (Lipinski definition) is 6. The van der Waals surface area contributed by atoms with Crippen LogP contribution < -0.4 is 5.32 Å². The van der Waals surface area contributed by atoms with Gasteiger partial charge in [-0.15, -0.1) is 5.10 Å². The summed E-state index contributed by atoms with van der Waals surface area (Å²) in [4.78, 5) is 0.153. The van der Waals surface area contributed by atoms with Crippen LogP contribution in [0.2, 0.25) is 0 Å². The molecule has 31 heavy (non-hydrogen) atoms. The summed E-state index contributed by atoms with van der Waals surface area (Å²) in [6, 6.07) is 10.2. The molecule has 0 aliphatic heterocycles. The molecule has 3 rings (SSSR count). The van der Waals surface area contributed by atoms with Crippen LogP contribution in [-0.2, 0) is 21.6 Å². The summed E-state index contributed by atoms with van der Waals surface area (Å²) in [5, 5.41) is 15.1. The molecule has 7 nitrogen and oxygen atoms in total. The molecule has 1 atom stereocenters. The lowest BCUT2D eigenvalue weighted by Crippen LogP contribution is -2.29. The van der Waals surface area contributed by atoms with Crippen molar-refractivity contribution in [2.24, 2.45) is 0 Å². The van der Waals surface area contributed by atoms with Gasteiger partial charge < -0.3 is 5.32 Å². The highest BCUT2D eigenvalue weighted by Crippen LogP contribution is 2.32. The van der Waals surface area contributed by atoms with E-state index in [9.17, 15) is 21.6 Å². The number of halogens is 3. The van der Waals surface area contributed by atoms with E-state index in [0.717, 1.165) is 18.4 Å². The van der Waals surface area contributed by atoms with E-state index in [-0.39, 0.29) is 4.90 Å². The third-order valence-electron chi connectivity index (χ3n) is 4.55. The van der Waals surface area contributed by atoms with Gasteiger partial charge in [-0.2, -0.15) is 13.2 Å². The Morgan fingerprint density at radius 2 is 1.55 bits per heavy atom. The molecule has 0 radical (unpaired) electrons. The van der Waals surface area contributed by atoms with Crippen molar-refractivity contribution in [3.8, 4) is 0 Å². The van der Waals surface area contributed by atoms with Gasteiger partial charge in [0, 0.05) is 11.9 Å². The van der Waals surface area contributed by atoms with Gasteiger partial charge in [0.15, 0.2) is 15.7 Å². The standard InChI is InChI=1S/C20H22F3N5O2S/c1-19(2,3)28-18(25-26-27-28)17(13-5-11-16(12-6-13)31(4,29)30)24-15-9-7-14(8-10-15)20(21,22)23/h5-12,17,24H,1-4H3. The normalized spacial score (nSPS) is 13.8. The Bertz CT molecular complexity index is 1150. The molecule has 0 bridgehead atoms. The van der Waals surface area contributed by atoms with Gasteiger partial charge in [-0.25, -0.2) is 13.1 Å². The molecule has 0 saturated heterocycles. The van der Waals surface area contributed by atoms with E-state index >= 15 is 0 Å². The number of hydrogen-bond donors (Lipinski definition) is 1. The lowest BCUT2D eigenvalue weighted by molar-refractivity contribution is -0.137. The van der Waals surface area contributed by atoms with Crippen LogP contribution in [-0.4, -0.2) is 34.9 Å². The van der Waals surface area contributed by atoms with Crippen LogP contribution in [0.3, 0.4) is 0 Å². The predicted molar refractivity (Wildman–Crippen MR) is 109 cm³/mol. The summed E-state index contributed by atoms with van der Waals surface area (Å²) in [5.41, 5.74) is -0.154. The van der Waals surface area contributed by atoms with E-state index in [1.165, 1.54) is 24.3 Å². The third kappa shape index (κ3) is 5.22. The summed E-state index contributed by atoms with van der Waals surface area (Å²) >= 11 is 0. The second kappa shape index (κ2) is 7.95. The Hall–Kier alpha value is -2.95. The topological polar surface area (TPSA) is 89.8 Å². The Morgan fingerprint density at radius 3 is 2.03 bits per heavy atom. The van der Waals surface area contributed by atoms with Crippen molar-refractivity contribution < 1.29 is 21.6 Å². The van der Waals surface area contributed by atoms with Gasteiger partial charge in [-0.05, 0) is 73.2 Å². The van der Waals surface area contributed by atoms with Crippen LogP contribution in [0.4, 0.5) is 18.9 Å². The van der Waals surface area contributed by atoms with Gasteiger partial charge >= 0.3 is 6.18 Å². The zero-order chi connectivity index (χ0) is 23.0. The van der Waals surface area contributed by atoms with Crippen molar-refractivity contribution in [2.75, 3.05) is 11.6 Å². The van der Waals surface area contributed by atoms with Gasteiger partial charge in [0.05, 0.1) is 16.0 Å². The predicted octanol–water partition coefficient (Wildman–Crippen LogP) is 4.05. The molecular formula is C20H22F3N5O2S. The van der Waals surface area contributed by atoms with E-state index in [4.69, 9.17) is 0 Å². The summed E-state index contributed by atoms with van der Waals surface area (Å²) in [5.74, 6) is 0.430. The van der Waals surface area contributed by atoms with Gasteiger partial charge in [0.2, 0.25) is 0 Å². The van der Waals surface area contributed by atoms with Crippen molar-refractivity contribution in [3.05, 3.63) is 65.5 Å². The number of aromatic nitrogens is 4. The Kier molecular flexibility index (Phi) is 5.83. The van der Waals surface area contributed by atoms with Crippen LogP contribution in [0.5, 0.6) is 0 Å². The minimum absolute atomic E-state index is 0.153. The molecule has 1 heterocycles. The first-order chi connectivity index (χ1) is 14.3. The molecule has 0 amide bonds. The van der Waals surface area contributed by atoms with Crippen LogP contribution in [0, 0.1) is 0 Å². The molecule has 1 aromatic heterocycles. The average molecular weight is 453 g/mol. The van der Waals surface area contributed by atoms with Crippen LogP contribution >= 0.6 is 0 Å².